The van der Waals surface area contributed by atoms with E-state index >= 15 is 0 Å². The van der Waals surface area contributed by atoms with Gasteiger partial charge in [-0.3, -0.25) is 4.79 Å². The Morgan fingerprint density at radius 3 is 2.74 bits per heavy atom. The molecule has 0 fully saturated rings. The lowest BCUT2D eigenvalue weighted by Gasteiger charge is -2.07. The number of benzene rings is 2. The Morgan fingerprint density at radius 1 is 1.22 bits per heavy atom. The van der Waals surface area contributed by atoms with Crippen molar-refractivity contribution in [2.24, 2.45) is 0 Å². The zero-order valence-electron chi connectivity index (χ0n) is 12.7. The fourth-order valence-corrected chi connectivity index (χ4v) is 2.88. The fraction of sp³-hybridized carbons (Fsp3) is 0.111. The van der Waals surface area contributed by atoms with E-state index in [0.717, 1.165) is 21.8 Å². The normalized spacial score (nSPS) is 10.5. The topological polar surface area (TPSA) is 51.2 Å². The van der Waals surface area contributed by atoms with Crippen LogP contribution in [0.1, 0.15) is 15.9 Å². The van der Waals surface area contributed by atoms with E-state index in [-0.39, 0.29) is 5.91 Å². The van der Waals surface area contributed by atoms with E-state index in [1.807, 2.05) is 47.8 Å². The molecule has 1 amide bonds. The quantitative estimate of drug-likeness (QED) is 0.765. The van der Waals surface area contributed by atoms with Gasteiger partial charge in [0.05, 0.1) is 6.61 Å². The molecule has 0 saturated heterocycles. The lowest BCUT2D eigenvalue weighted by atomic mass is 10.1. The van der Waals surface area contributed by atoms with Crippen molar-refractivity contribution in [3.8, 4) is 10.6 Å². The first-order valence-electron chi connectivity index (χ1n) is 7.15. The smallest absolute Gasteiger partial charge is 0.255 e. The van der Waals surface area contributed by atoms with Crippen LogP contribution in [0, 0.1) is 0 Å². The summed E-state index contributed by atoms with van der Waals surface area (Å²) < 4.78 is 5.09. The second kappa shape index (κ2) is 7.17. The van der Waals surface area contributed by atoms with Gasteiger partial charge >= 0.3 is 0 Å². The van der Waals surface area contributed by atoms with Crippen LogP contribution in [0.25, 0.3) is 10.6 Å². The van der Waals surface area contributed by atoms with Gasteiger partial charge in [-0.05, 0) is 42.0 Å². The van der Waals surface area contributed by atoms with Gasteiger partial charge in [-0.25, -0.2) is 4.98 Å². The highest BCUT2D eigenvalue weighted by Gasteiger charge is 2.07. The molecule has 23 heavy (non-hydrogen) atoms. The number of amides is 1. The fourth-order valence-electron chi connectivity index (χ4n) is 2.23. The molecule has 1 N–H and O–H groups in total. The third-order valence-electron chi connectivity index (χ3n) is 3.32. The Kier molecular flexibility index (Phi) is 4.80. The van der Waals surface area contributed by atoms with Crippen LogP contribution in [0.2, 0.25) is 0 Å². The molecule has 0 radical (unpaired) electrons. The lowest BCUT2D eigenvalue weighted by Crippen LogP contribution is -2.12. The van der Waals surface area contributed by atoms with Crippen molar-refractivity contribution in [2.75, 3.05) is 12.4 Å². The number of nitrogens with zero attached hydrogens (tertiary/aromatic N) is 1. The van der Waals surface area contributed by atoms with E-state index in [2.05, 4.69) is 10.3 Å². The molecule has 1 aromatic heterocycles. The molecular weight excluding hydrogens is 308 g/mol. The molecule has 0 aliphatic heterocycles. The summed E-state index contributed by atoms with van der Waals surface area (Å²) in [5, 5.41) is 5.81. The minimum Gasteiger partial charge on any atom is -0.380 e. The first-order chi connectivity index (χ1) is 11.3. The summed E-state index contributed by atoms with van der Waals surface area (Å²) in [7, 11) is 1.64. The third-order valence-corrected chi connectivity index (χ3v) is 4.14. The maximum Gasteiger partial charge on any atom is 0.255 e. The van der Waals surface area contributed by atoms with Crippen molar-refractivity contribution in [1.82, 2.24) is 4.98 Å². The van der Waals surface area contributed by atoms with Crippen molar-refractivity contribution in [2.45, 2.75) is 6.61 Å². The Hall–Kier alpha value is -2.50. The van der Waals surface area contributed by atoms with Gasteiger partial charge in [0.15, 0.2) is 0 Å². The van der Waals surface area contributed by atoms with E-state index < -0.39 is 0 Å². The van der Waals surface area contributed by atoms with E-state index in [0.29, 0.717) is 12.2 Å². The summed E-state index contributed by atoms with van der Waals surface area (Å²) >= 11 is 1.59. The summed E-state index contributed by atoms with van der Waals surface area (Å²) in [5.74, 6) is -0.134. The minimum absolute atomic E-state index is 0.134. The van der Waals surface area contributed by atoms with Crippen LogP contribution >= 0.6 is 11.3 Å². The molecule has 3 rings (SSSR count). The standard InChI is InChI=1S/C18H16N2O2S/c1-22-12-13-3-2-4-15(11-13)17(21)20-16-7-5-14(6-8-16)18-19-9-10-23-18/h2-11H,12H2,1H3,(H,20,21). The summed E-state index contributed by atoms with van der Waals surface area (Å²) in [5.41, 5.74) is 3.38. The zero-order valence-corrected chi connectivity index (χ0v) is 13.5. The second-order valence-electron chi connectivity index (χ2n) is 5.00. The third kappa shape index (κ3) is 3.83. The molecule has 0 bridgehead atoms. The first-order valence-corrected chi connectivity index (χ1v) is 8.03. The molecular formula is C18H16N2O2S. The van der Waals surface area contributed by atoms with Crippen molar-refractivity contribution < 1.29 is 9.53 Å². The van der Waals surface area contributed by atoms with E-state index in [1.54, 1.807) is 30.7 Å². The molecule has 2 aromatic carbocycles. The number of rotatable bonds is 5. The molecule has 116 valence electrons. The molecule has 0 aliphatic rings. The molecule has 3 aromatic rings. The minimum atomic E-state index is -0.134. The van der Waals surface area contributed by atoms with Crippen LogP contribution < -0.4 is 5.32 Å². The molecule has 0 unspecified atom stereocenters. The Labute approximate surface area is 138 Å². The number of nitrogens with one attached hydrogen (secondary N) is 1. The number of carbonyl (C=O) groups excluding carboxylic acids is 1. The lowest BCUT2D eigenvalue weighted by molar-refractivity contribution is 0.102. The number of methoxy groups -OCH3 is 1. The molecule has 0 atom stereocenters. The largest absolute Gasteiger partial charge is 0.380 e. The van der Waals surface area contributed by atoms with Gasteiger partial charge in [0.25, 0.3) is 5.91 Å². The van der Waals surface area contributed by atoms with Crippen molar-refractivity contribution in [1.29, 1.82) is 0 Å². The maximum atomic E-state index is 12.3. The molecule has 4 nitrogen and oxygen atoms in total. The summed E-state index contributed by atoms with van der Waals surface area (Å²) in [6.45, 7) is 0.490. The second-order valence-corrected chi connectivity index (χ2v) is 5.90. The number of hydrogen-bond donors (Lipinski definition) is 1. The van der Waals surface area contributed by atoms with Gasteiger partial charge in [-0.15, -0.1) is 11.3 Å². The van der Waals surface area contributed by atoms with Gasteiger partial charge in [-0.1, -0.05) is 12.1 Å². The molecule has 1 heterocycles. The highest BCUT2D eigenvalue weighted by molar-refractivity contribution is 7.13. The first kappa shape index (κ1) is 15.4. The van der Waals surface area contributed by atoms with Gasteiger partial charge in [-0.2, -0.15) is 0 Å². The van der Waals surface area contributed by atoms with Gasteiger partial charge in [0, 0.05) is 35.5 Å². The molecule has 0 saturated carbocycles. The highest BCUT2D eigenvalue weighted by Crippen LogP contribution is 2.23. The predicted molar refractivity (Wildman–Crippen MR) is 92.7 cm³/mol. The summed E-state index contributed by atoms with van der Waals surface area (Å²) in [6.07, 6.45) is 1.78. The van der Waals surface area contributed by atoms with Gasteiger partial charge in [0.1, 0.15) is 5.01 Å². The Balaban J connectivity index is 1.71. The molecule has 0 aliphatic carbocycles. The average Bonchev–Trinajstić information content (AvgIpc) is 3.11. The van der Waals surface area contributed by atoms with Crippen molar-refractivity contribution in [3.05, 3.63) is 71.2 Å². The molecule has 5 heteroatoms. The van der Waals surface area contributed by atoms with Gasteiger partial charge < -0.3 is 10.1 Å². The van der Waals surface area contributed by atoms with Crippen LogP contribution in [-0.2, 0) is 11.3 Å². The van der Waals surface area contributed by atoms with E-state index in [1.165, 1.54) is 0 Å². The van der Waals surface area contributed by atoms with Crippen molar-refractivity contribution in [3.63, 3.8) is 0 Å². The zero-order chi connectivity index (χ0) is 16.1. The summed E-state index contributed by atoms with van der Waals surface area (Å²) in [4.78, 5) is 16.6. The van der Waals surface area contributed by atoms with E-state index in [4.69, 9.17) is 4.74 Å². The number of ether oxygens (including phenoxy) is 1. The number of aromatic nitrogens is 1. The maximum absolute atomic E-state index is 12.3. The number of thiazole rings is 1. The highest BCUT2D eigenvalue weighted by atomic mass is 32.1. The van der Waals surface area contributed by atoms with Crippen LogP contribution in [0.3, 0.4) is 0 Å². The van der Waals surface area contributed by atoms with Crippen LogP contribution in [-0.4, -0.2) is 18.0 Å². The van der Waals surface area contributed by atoms with Crippen LogP contribution in [0.4, 0.5) is 5.69 Å². The Morgan fingerprint density at radius 2 is 2.04 bits per heavy atom. The molecule has 0 spiro atoms. The van der Waals surface area contributed by atoms with E-state index in [9.17, 15) is 4.79 Å². The number of hydrogen-bond acceptors (Lipinski definition) is 4. The Bertz CT molecular complexity index is 783. The van der Waals surface area contributed by atoms with Crippen LogP contribution in [0.5, 0.6) is 0 Å². The monoisotopic (exact) mass is 324 g/mol. The predicted octanol–water partition coefficient (Wildman–Crippen LogP) is 4.21. The van der Waals surface area contributed by atoms with Crippen LogP contribution in [0.15, 0.2) is 60.1 Å². The number of carbonyl (C=O) groups is 1. The van der Waals surface area contributed by atoms with Crippen molar-refractivity contribution >= 4 is 22.9 Å². The SMILES string of the molecule is COCc1cccc(C(=O)Nc2ccc(-c3nccs3)cc2)c1. The van der Waals surface area contributed by atoms with Gasteiger partial charge in [0.2, 0.25) is 0 Å². The average molecular weight is 324 g/mol. The number of anilines is 1. The summed E-state index contributed by atoms with van der Waals surface area (Å²) in [6, 6.07) is 15.1.